The molecule has 0 aromatic heterocycles. The number of nitrogens with one attached hydrogen (secondary N) is 1. The summed E-state index contributed by atoms with van der Waals surface area (Å²) in [6.45, 7) is 3.24. The van der Waals surface area contributed by atoms with Crippen LogP contribution in [0.5, 0.6) is 0 Å². The zero-order valence-corrected chi connectivity index (χ0v) is 23.1. The molecule has 0 unspecified atom stereocenters. The maximum atomic E-state index is 14.2. The molecular weight excluding hydrogens is 518 g/mol. The van der Waals surface area contributed by atoms with Gasteiger partial charge in [-0.2, -0.15) is 11.8 Å². The highest BCUT2D eigenvalue weighted by Crippen LogP contribution is 2.32. The molecule has 1 saturated carbocycles. The number of hydrogen-bond acceptors (Lipinski definition) is 4. The van der Waals surface area contributed by atoms with Crippen LogP contribution in [0.4, 0.5) is 8.78 Å². The van der Waals surface area contributed by atoms with Crippen molar-refractivity contribution in [2.75, 3.05) is 18.6 Å². The van der Waals surface area contributed by atoms with Crippen LogP contribution in [0.25, 0.3) is 11.1 Å². The number of aryl methyl sites for hydroxylation is 1. The maximum Gasteiger partial charge on any atom is 0.326 e. The Hall–Kier alpha value is -3.23. The largest absolute Gasteiger partial charge is 0.480 e. The van der Waals surface area contributed by atoms with Gasteiger partial charge in [-0.25, -0.2) is 13.6 Å². The molecule has 3 aromatic carbocycles. The molecular formula is C31H34F2N2O3S. The summed E-state index contributed by atoms with van der Waals surface area (Å²) in [6, 6.07) is 16.6. The Morgan fingerprint density at radius 2 is 1.85 bits per heavy atom. The summed E-state index contributed by atoms with van der Waals surface area (Å²) in [6.07, 6.45) is 4.86. The highest BCUT2D eigenvalue weighted by molar-refractivity contribution is 7.98. The van der Waals surface area contributed by atoms with E-state index in [9.17, 15) is 23.5 Å². The second-order valence-corrected chi connectivity index (χ2v) is 11.0. The van der Waals surface area contributed by atoms with Gasteiger partial charge in [0, 0.05) is 30.8 Å². The van der Waals surface area contributed by atoms with E-state index in [0.29, 0.717) is 48.9 Å². The van der Waals surface area contributed by atoms with E-state index in [0.717, 1.165) is 41.2 Å². The fourth-order valence-corrected chi connectivity index (χ4v) is 5.24. The molecule has 4 rings (SSSR count). The number of carboxylic acid groups (broad SMARTS) is 1. The molecule has 2 N–H and O–H groups in total. The van der Waals surface area contributed by atoms with E-state index in [2.05, 4.69) is 10.2 Å². The maximum absolute atomic E-state index is 14.2. The Kier molecular flexibility index (Phi) is 9.75. The van der Waals surface area contributed by atoms with Crippen LogP contribution < -0.4 is 5.32 Å². The number of carbonyl (C=O) groups excluding carboxylic acids is 1. The number of carbonyl (C=O) groups is 2. The predicted molar refractivity (Wildman–Crippen MR) is 152 cm³/mol. The fraction of sp³-hybridized carbons (Fsp3) is 0.355. The Labute approximate surface area is 232 Å². The third-order valence-corrected chi connectivity index (χ3v) is 7.75. The van der Waals surface area contributed by atoms with Crippen molar-refractivity contribution < 1.29 is 23.5 Å². The number of aliphatic carboxylic acids is 1. The third kappa shape index (κ3) is 7.67. The second-order valence-electron chi connectivity index (χ2n) is 10.0. The smallest absolute Gasteiger partial charge is 0.326 e. The average Bonchev–Trinajstić information content (AvgIpc) is 3.75. The minimum atomic E-state index is -1.05. The van der Waals surface area contributed by atoms with Crippen molar-refractivity contribution in [3.8, 4) is 11.1 Å². The Morgan fingerprint density at radius 3 is 2.51 bits per heavy atom. The lowest BCUT2D eigenvalue weighted by atomic mass is 9.93. The number of rotatable bonds is 13. The number of carboxylic acids is 1. The topological polar surface area (TPSA) is 69.6 Å². The summed E-state index contributed by atoms with van der Waals surface area (Å²) in [5.41, 5.74) is 4.59. The molecule has 0 spiro atoms. The van der Waals surface area contributed by atoms with Crippen LogP contribution in [0.1, 0.15) is 46.3 Å². The number of hydrogen-bond donors (Lipinski definition) is 2. The summed E-state index contributed by atoms with van der Waals surface area (Å²) in [7, 11) is 0. The summed E-state index contributed by atoms with van der Waals surface area (Å²) < 4.78 is 27.5. The van der Waals surface area contributed by atoms with Crippen molar-refractivity contribution in [1.29, 1.82) is 0 Å². The van der Waals surface area contributed by atoms with Gasteiger partial charge in [0.15, 0.2) is 0 Å². The van der Waals surface area contributed by atoms with Gasteiger partial charge in [0.05, 0.1) is 0 Å². The lowest BCUT2D eigenvalue weighted by Gasteiger charge is -2.23. The minimum absolute atomic E-state index is 0.338. The van der Waals surface area contributed by atoms with Gasteiger partial charge in [-0.3, -0.25) is 9.69 Å². The van der Waals surface area contributed by atoms with E-state index in [-0.39, 0.29) is 0 Å². The van der Waals surface area contributed by atoms with E-state index in [1.165, 1.54) is 23.9 Å². The van der Waals surface area contributed by atoms with Crippen LogP contribution >= 0.6 is 11.8 Å². The molecule has 0 bridgehead atoms. The van der Waals surface area contributed by atoms with E-state index >= 15 is 0 Å². The highest BCUT2D eigenvalue weighted by atomic mass is 32.2. The number of amides is 1. The van der Waals surface area contributed by atoms with Gasteiger partial charge in [0.1, 0.15) is 17.7 Å². The molecule has 3 aromatic rings. The van der Waals surface area contributed by atoms with Gasteiger partial charge >= 0.3 is 5.97 Å². The summed E-state index contributed by atoms with van der Waals surface area (Å²) in [5.74, 6) is -1.95. The molecule has 1 atom stereocenters. The van der Waals surface area contributed by atoms with E-state index in [1.54, 1.807) is 6.07 Å². The number of thioether (sulfide) groups is 1. The third-order valence-electron chi connectivity index (χ3n) is 7.11. The summed E-state index contributed by atoms with van der Waals surface area (Å²) in [5, 5.41) is 12.3. The fourth-order valence-electron chi connectivity index (χ4n) is 4.77. The standard InChI is InChI=1S/C31H34F2N2O3S/c1-20-5-3-4-6-25(20)27-17-21(7-12-26(27)30(36)34-29(31(37)38)14-16-39-2)19-35(24-10-11-24)15-13-22-8-9-23(32)18-28(22)33/h3-9,12,17-18,24,29H,10-11,13-16,19H2,1-2H3,(H,34,36)(H,37,38)/t29-/m0/s1. The monoisotopic (exact) mass is 552 g/mol. The predicted octanol–water partition coefficient (Wildman–Crippen LogP) is 6.08. The molecule has 1 aliphatic rings. The van der Waals surface area contributed by atoms with Gasteiger partial charge in [-0.05, 0) is 90.6 Å². The van der Waals surface area contributed by atoms with Crippen molar-refractivity contribution in [3.05, 3.63) is 94.6 Å². The van der Waals surface area contributed by atoms with Crippen molar-refractivity contribution in [2.24, 2.45) is 0 Å². The molecule has 206 valence electrons. The quantitative estimate of drug-likeness (QED) is 0.269. The first-order valence-electron chi connectivity index (χ1n) is 13.2. The Bertz CT molecular complexity index is 1330. The molecule has 8 heteroatoms. The van der Waals surface area contributed by atoms with Gasteiger partial charge < -0.3 is 10.4 Å². The first-order valence-corrected chi connectivity index (χ1v) is 14.6. The number of halogens is 2. The molecule has 1 aliphatic carbocycles. The average molecular weight is 553 g/mol. The SMILES string of the molecule is CSCC[C@H](NC(=O)c1ccc(CN(CCc2ccc(F)cc2F)C2CC2)cc1-c1ccccc1C)C(=O)O. The summed E-state index contributed by atoms with van der Waals surface area (Å²) in [4.78, 5) is 27.4. The number of benzene rings is 3. The van der Waals surface area contributed by atoms with Gasteiger partial charge in [-0.1, -0.05) is 36.4 Å². The molecule has 0 radical (unpaired) electrons. The van der Waals surface area contributed by atoms with Gasteiger partial charge in [0.25, 0.3) is 5.91 Å². The zero-order chi connectivity index (χ0) is 27.9. The molecule has 0 heterocycles. The first kappa shape index (κ1) is 28.8. The molecule has 0 saturated heterocycles. The van der Waals surface area contributed by atoms with Crippen LogP contribution in [-0.2, 0) is 17.8 Å². The normalized spacial score (nSPS) is 13.9. The van der Waals surface area contributed by atoms with Gasteiger partial charge in [0.2, 0.25) is 0 Å². The molecule has 1 fully saturated rings. The lowest BCUT2D eigenvalue weighted by molar-refractivity contribution is -0.139. The molecule has 5 nitrogen and oxygen atoms in total. The minimum Gasteiger partial charge on any atom is -0.480 e. The zero-order valence-electron chi connectivity index (χ0n) is 22.3. The van der Waals surface area contributed by atoms with E-state index < -0.39 is 29.6 Å². The van der Waals surface area contributed by atoms with Crippen molar-refractivity contribution in [3.63, 3.8) is 0 Å². The van der Waals surface area contributed by atoms with Crippen LogP contribution in [0.2, 0.25) is 0 Å². The summed E-state index contributed by atoms with van der Waals surface area (Å²) >= 11 is 1.53. The van der Waals surface area contributed by atoms with Crippen LogP contribution in [0, 0.1) is 18.6 Å². The Balaban J connectivity index is 1.59. The van der Waals surface area contributed by atoms with Crippen molar-refractivity contribution in [2.45, 2.75) is 51.2 Å². The molecule has 39 heavy (non-hydrogen) atoms. The van der Waals surface area contributed by atoms with Crippen LogP contribution in [0.3, 0.4) is 0 Å². The van der Waals surface area contributed by atoms with Crippen molar-refractivity contribution >= 4 is 23.6 Å². The van der Waals surface area contributed by atoms with Crippen LogP contribution in [-0.4, -0.2) is 52.5 Å². The second kappa shape index (κ2) is 13.2. The molecule has 0 aliphatic heterocycles. The number of nitrogens with zero attached hydrogens (tertiary/aromatic N) is 1. The lowest BCUT2D eigenvalue weighted by Crippen LogP contribution is -2.41. The first-order chi connectivity index (χ1) is 18.8. The van der Waals surface area contributed by atoms with E-state index in [4.69, 9.17) is 0 Å². The van der Waals surface area contributed by atoms with E-state index in [1.807, 2.05) is 49.6 Å². The van der Waals surface area contributed by atoms with Crippen LogP contribution in [0.15, 0.2) is 60.7 Å². The Morgan fingerprint density at radius 1 is 1.08 bits per heavy atom. The van der Waals surface area contributed by atoms with Crippen molar-refractivity contribution in [1.82, 2.24) is 10.2 Å². The highest BCUT2D eigenvalue weighted by Gasteiger charge is 2.29. The van der Waals surface area contributed by atoms with Gasteiger partial charge in [-0.15, -0.1) is 0 Å². The molecule has 1 amide bonds.